The number of hydrogen-bond donors (Lipinski definition) is 2. The summed E-state index contributed by atoms with van der Waals surface area (Å²) in [6.07, 6.45) is 3.36. The molecule has 1 aromatic rings. The summed E-state index contributed by atoms with van der Waals surface area (Å²) in [6.45, 7) is 6.18. The van der Waals surface area contributed by atoms with Crippen LogP contribution in [-0.2, 0) is 10.0 Å². The number of anilines is 1. The second kappa shape index (κ2) is 4.80. The van der Waals surface area contributed by atoms with Crippen molar-refractivity contribution in [3.05, 3.63) is 23.3 Å². The van der Waals surface area contributed by atoms with Crippen LogP contribution in [0.15, 0.2) is 17.0 Å². The third-order valence-corrected chi connectivity index (χ3v) is 5.85. The van der Waals surface area contributed by atoms with E-state index < -0.39 is 10.0 Å². The maximum atomic E-state index is 12.4. The summed E-state index contributed by atoms with van der Waals surface area (Å²) in [4.78, 5) is 0.329. The Bertz CT molecular complexity index is 590. The molecule has 0 aromatic heterocycles. The van der Waals surface area contributed by atoms with Crippen molar-refractivity contribution < 1.29 is 8.42 Å². The van der Waals surface area contributed by atoms with Gasteiger partial charge in [0, 0.05) is 12.2 Å². The van der Waals surface area contributed by atoms with Gasteiger partial charge in [-0.25, -0.2) is 13.1 Å². The summed E-state index contributed by atoms with van der Waals surface area (Å²) in [5, 5.41) is 0. The Kier molecular flexibility index (Phi) is 3.62. The first-order chi connectivity index (χ1) is 8.75. The summed E-state index contributed by atoms with van der Waals surface area (Å²) in [5.41, 5.74) is 7.81. The highest BCUT2D eigenvalue weighted by Gasteiger charge is 2.33. The Morgan fingerprint density at radius 2 is 1.95 bits per heavy atom. The van der Waals surface area contributed by atoms with Crippen molar-refractivity contribution in [3.63, 3.8) is 0 Å². The molecular weight excluding hydrogens is 260 g/mol. The van der Waals surface area contributed by atoms with Crippen LogP contribution in [0.25, 0.3) is 0 Å². The summed E-state index contributed by atoms with van der Waals surface area (Å²) in [7, 11) is -3.48. The zero-order valence-corrected chi connectivity index (χ0v) is 12.6. The van der Waals surface area contributed by atoms with Crippen LogP contribution in [0.2, 0.25) is 0 Å². The van der Waals surface area contributed by atoms with Gasteiger partial charge < -0.3 is 5.73 Å². The zero-order chi connectivity index (χ0) is 14.3. The summed E-state index contributed by atoms with van der Waals surface area (Å²) in [6, 6.07) is 3.50. The van der Waals surface area contributed by atoms with Crippen molar-refractivity contribution in [2.24, 2.45) is 5.41 Å². The van der Waals surface area contributed by atoms with Gasteiger partial charge in [0.05, 0.1) is 4.90 Å². The van der Waals surface area contributed by atoms with Crippen molar-refractivity contribution in [2.45, 2.75) is 44.9 Å². The van der Waals surface area contributed by atoms with Gasteiger partial charge in [-0.05, 0) is 49.3 Å². The van der Waals surface area contributed by atoms with E-state index in [0.717, 1.165) is 18.4 Å². The molecule has 0 atom stereocenters. The van der Waals surface area contributed by atoms with Gasteiger partial charge in [-0.15, -0.1) is 0 Å². The Morgan fingerprint density at radius 3 is 2.47 bits per heavy atom. The lowest BCUT2D eigenvalue weighted by molar-refractivity contribution is 0.166. The number of sulfonamides is 1. The maximum absolute atomic E-state index is 12.4. The normalized spacial score (nSPS) is 18.1. The smallest absolute Gasteiger partial charge is 0.241 e. The lowest BCUT2D eigenvalue weighted by Gasteiger charge is -2.38. The Labute approximate surface area is 115 Å². The summed E-state index contributed by atoms with van der Waals surface area (Å²) < 4.78 is 27.6. The van der Waals surface area contributed by atoms with E-state index in [1.54, 1.807) is 26.0 Å². The molecule has 5 heteroatoms. The van der Waals surface area contributed by atoms with E-state index in [-0.39, 0.29) is 5.41 Å². The molecule has 106 valence electrons. The number of nitrogen functional groups attached to an aromatic ring is 1. The van der Waals surface area contributed by atoms with Crippen molar-refractivity contribution in [3.8, 4) is 0 Å². The van der Waals surface area contributed by atoms with Gasteiger partial charge in [-0.3, -0.25) is 0 Å². The van der Waals surface area contributed by atoms with Crippen LogP contribution in [-0.4, -0.2) is 15.0 Å². The predicted molar refractivity (Wildman–Crippen MR) is 77.5 cm³/mol. The first-order valence-electron chi connectivity index (χ1n) is 6.61. The highest BCUT2D eigenvalue weighted by molar-refractivity contribution is 7.89. The van der Waals surface area contributed by atoms with E-state index in [2.05, 4.69) is 11.6 Å². The number of nitrogens with two attached hydrogens (primary N) is 1. The number of rotatable bonds is 4. The molecule has 0 radical (unpaired) electrons. The van der Waals surface area contributed by atoms with Gasteiger partial charge in [0.1, 0.15) is 0 Å². The Balaban J connectivity index is 2.27. The maximum Gasteiger partial charge on any atom is 0.241 e. The fourth-order valence-corrected chi connectivity index (χ4v) is 4.25. The molecule has 2 rings (SSSR count). The minimum Gasteiger partial charge on any atom is -0.398 e. The molecule has 0 amide bonds. The molecule has 1 fully saturated rings. The van der Waals surface area contributed by atoms with Gasteiger partial charge in [0.15, 0.2) is 0 Å². The average Bonchev–Trinajstić information content (AvgIpc) is 2.29. The summed E-state index contributed by atoms with van der Waals surface area (Å²) in [5.74, 6) is 0. The zero-order valence-electron chi connectivity index (χ0n) is 11.8. The summed E-state index contributed by atoms with van der Waals surface area (Å²) >= 11 is 0. The van der Waals surface area contributed by atoms with Crippen molar-refractivity contribution >= 4 is 15.7 Å². The lowest BCUT2D eigenvalue weighted by Crippen LogP contribution is -2.40. The monoisotopic (exact) mass is 282 g/mol. The highest BCUT2D eigenvalue weighted by atomic mass is 32.2. The molecular formula is C14H22N2O2S. The first kappa shape index (κ1) is 14.3. The molecule has 0 saturated heterocycles. The topological polar surface area (TPSA) is 72.2 Å². The van der Waals surface area contributed by atoms with Crippen molar-refractivity contribution in [1.29, 1.82) is 0 Å². The minimum atomic E-state index is -3.48. The molecule has 1 aromatic carbocycles. The van der Waals surface area contributed by atoms with Gasteiger partial charge >= 0.3 is 0 Å². The van der Waals surface area contributed by atoms with Crippen LogP contribution >= 0.6 is 0 Å². The van der Waals surface area contributed by atoms with Gasteiger partial charge in [0.25, 0.3) is 0 Å². The van der Waals surface area contributed by atoms with Crippen LogP contribution < -0.4 is 10.5 Å². The SMILES string of the molecule is Cc1ccc(N)c(C)c1S(=O)(=O)NCC1(C)CCC1. The molecule has 19 heavy (non-hydrogen) atoms. The van der Waals surface area contributed by atoms with Crippen LogP contribution in [0.3, 0.4) is 0 Å². The molecule has 3 N–H and O–H groups in total. The van der Waals surface area contributed by atoms with Crippen molar-refractivity contribution in [1.82, 2.24) is 4.72 Å². The molecule has 1 aliphatic rings. The van der Waals surface area contributed by atoms with Gasteiger partial charge in [-0.2, -0.15) is 0 Å². The van der Waals surface area contributed by atoms with E-state index in [0.29, 0.717) is 22.7 Å². The van der Waals surface area contributed by atoms with Crippen LogP contribution in [0.1, 0.15) is 37.3 Å². The standard InChI is InChI=1S/C14H22N2O2S/c1-10-5-6-12(15)11(2)13(10)19(17,18)16-9-14(3)7-4-8-14/h5-6,16H,4,7-9,15H2,1-3H3. The van der Waals surface area contributed by atoms with Crippen LogP contribution in [0.4, 0.5) is 5.69 Å². The quantitative estimate of drug-likeness (QED) is 0.833. The number of benzene rings is 1. The van der Waals surface area contributed by atoms with Crippen LogP contribution in [0.5, 0.6) is 0 Å². The lowest BCUT2D eigenvalue weighted by atomic mass is 9.71. The number of nitrogens with one attached hydrogen (secondary N) is 1. The molecule has 1 aliphatic carbocycles. The average molecular weight is 282 g/mol. The number of hydrogen-bond acceptors (Lipinski definition) is 3. The molecule has 1 saturated carbocycles. The van der Waals surface area contributed by atoms with E-state index in [1.165, 1.54) is 6.42 Å². The molecule has 0 bridgehead atoms. The highest BCUT2D eigenvalue weighted by Crippen LogP contribution is 2.39. The molecule has 0 unspecified atom stereocenters. The van der Waals surface area contributed by atoms with Gasteiger partial charge in [0.2, 0.25) is 10.0 Å². The van der Waals surface area contributed by atoms with E-state index in [1.807, 2.05) is 0 Å². The number of aryl methyl sites for hydroxylation is 1. The second-order valence-electron chi connectivity index (χ2n) is 5.91. The largest absolute Gasteiger partial charge is 0.398 e. The Morgan fingerprint density at radius 1 is 1.32 bits per heavy atom. The molecule has 0 heterocycles. The van der Waals surface area contributed by atoms with E-state index >= 15 is 0 Å². The molecule has 4 nitrogen and oxygen atoms in total. The molecule has 0 aliphatic heterocycles. The minimum absolute atomic E-state index is 0.120. The second-order valence-corrected chi connectivity index (χ2v) is 7.62. The third kappa shape index (κ3) is 2.77. The predicted octanol–water partition coefficient (Wildman–Crippen LogP) is 2.35. The fourth-order valence-electron chi connectivity index (χ4n) is 2.55. The van der Waals surface area contributed by atoms with Crippen LogP contribution in [0, 0.1) is 19.3 Å². The van der Waals surface area contributed by atoms with Crippen molar-refractivity contribution in [2.75, 3.05) is 12.3 Å². The van der Waals surface area contributed by atoms with E-state index in [4.69, 9.17) is 5.73 Å². The van der Waals surface area contributed by atoms with E-state index in [9.17, 15) is 8.42 Å². The van der Waals surface area contributed by atoms with Gasteiger partial charge in [-0.1, -0.05) is 19.4 Å². The first-order valence-corrected chi connectivity index (χ1v) is 8.09. The third-order valence-electron chi connectivity index (χ3n) is 4.16. The Hall–Kier alpha value is -1.07. The fraction of sp³-hybridized carbons (Fsp3) is 0.571. The molecule has 0 spiro atoms.